The zero-order chi connectivity index (χ0) is 24.4. The molecule has 1 heterocycles. The van der Waals surface area contributed by atoms with E-state index in [0.29, 0.717) is 5.69 Å². The van der Waals surface area contributed by atoms with Crippen LogP contribution in [-0.4, -0.2) is 85.7 Å². The average Bonchev–Trinajstić information content (AvgIpc) is 3.21. The number of nitrogens with zero attached hydrogens (tertiary/aromatic N) is 1. The van der Waals surface area contributed by atoms with Gasteiger partial charge in [-0.2, -0.15) is 0 Å². The molecule has 0 aliphatic heterocycles. The molecule has 1 aromatic rings. The van der Waals surface area contributed by atoms with Gasteiger partial charge in [0.15, 0.2) is 0 Å². The van der Waals surface area contributed by atoms with Crippen LogP contribution in [-0.2, 0) is 30.4 Å². The third-order valence-corrected chi connectivity index (χ3v) is 4.39. The van der Waals surface area contributed by atoms with Crippen molar-refractivity contribution in [2.45, 2.75) is 50.9 Å². The SMILES string of the molecule is CC(C)C(NC(=O)C(Cc1cnc[nH]1)NC(=O)C(CO)NC(=O)C(N)CC(=O)O)C(=O)O. The van der Waals surface area contributed by atoms with E-state index in [2.05, 4.69) is 25.9 Å². The first-order valence-corrected chi connectivity index (χ1v) is 9.65. The van der Waals surface area contributed by atoms with Crippen molar-refractivity contribution in [2.24, 2.45) is 11.7 Å². The molecular formula is C18H28N6O8. The largest absolute Gasteiger partial charge is 0.481 e. The Morgan fingerprint density at radius 3 is 2.09 bits per heavy atom. The summed E-state index contributed by atoms with van der Waals surface area (Å²) in [5, 5.41) is 34.3. The fraction of sp³-hybridized carbons (Fsp3) is 0.556. The Bertz CT molecular complexity index is 812. The molecule has 32 heavy (non-hydrogen) atoms. The van der Waals surface area contributed by atoms with Crippen molar-refractivity contribution in [3.05, 3.63) is 18.2 Å². The molecule has 0 spiro atoms. The topological polar surface area (TPSA) is 237 Å². The fourth-order valence-corrected chi connectivity index (χ4v) is 2.62. The number of aromatic amines is 1. The van der Waals surface area contributed by atoms with Crippen molar-refractivity contribution in [1.29, 1.82) is 0 Å². The number of aliphatic carboxylic acids is 2. The lowest BCUT2D eigenvalue weighted by molar-refractivity contribution is -0.143. The molecule has 4 unspecified atom stereocenters. The predicted molar refractivity (Wildman–Crippen MR) is 108 cm³/mol. The minimum atomic E-state index is -1.53. The summed E-state index contributed by atoms with van der Waals surface area (Å²) in [5.74, 6) is -5.78. The Balaban J connectivity index is 2.95. The van der Waals surface area contributed by atoms with Gasteiger partial charge >= 0.3 is 11.9 Å². The predicted octanol–water partition coefficient (Wildman–Crippen LogP) is -3.06. The molecule has 14 nitrogen and oxygen atoms in total. The molecule has 3 amide bonds. The van der Waals surface area contributed by atoms with Crippen LogP contribution in [0.15, 0.2) is 12.5 Å². The monoisotopic (exact) mass is 456 g/mol. The van der Waals surface area contributed by atoms with Gasteiger partial charge in [-0.05, 0) is 5.92 Å². The molecule has 1 rings (SSSR count). The minimum Gasteiger partial charge on any atom is -0.481 e. The maximum absolute atomic E-state index is 12.7. The van der Waals surface area contributed by atoms with E-state index in [4.69, 9.17) is 10.8 Å². The number of nitrogens with one attached hydrogen (secondary N) is 4. The standard InChI is InChI=1S/C18H28N6O8/c1-8(2)14(18(31)32)24-16(29)11(3-9-5-20-7-21-9)22-17(30)12(6-25)23-15(28)10(19)4-13(26)27/h5,7-8,10-12,14,25H,3-4,6,19H2,1-2H3,(H,20,21)(H,22,30)(H,23,28)(H,24,29)(H,26,27)(H,31,32). The number of aliphatic hydroxyl groups excluding tert-OH is 1. The molecule has 0 saturated carbocycles. The van der Waals surface area contributed by atoms with Crippen LogP contribution in [0, 0.1) is 5.92 Å². The maximum atomic E-state index is 12.7. The van der Waals surface area contributed by atoms with Gasteiger partial charge in [0.2, 0.25) is 17.7 Å². The third kappa shape index (κ3) is 8.31. The Kier molecular flexibility index (Phi) is 10.2. The molecule has 0 aliphatic carbocycles. The van der Waals surface area contributed by atoms with Gasteiger partial charge in [0, 0.05) is 18.3 Å². The van der Waals surface area contributed by atoms with Crippen molar-refractivity contribution in [1.82, 2.24) is 25.9 Å². The van der Waals surface area contributed by atoms with Crippen molar-refractivity contribution in [3.63, 3.8) is 0 Å². The average molecular weight is 456 g/mol. The number of nitrogens with two attached hydrogens (primary N) is 1. The molecule has 0 fully saturated rings. The Morgan fingerprint density at radius 1 is 1.03 bits per heavy atom. The molecule has 14 heteroatoms. The molecule has 178 valence electrons. The van der Waals surface area contributed by atoms with Gasteiger partial charge in [0.25, 0.3) is 0 Å². The molecule has 0 bridgehead atoms. The maximum Gasteiger partial charge on any atom is 0.326 e. The number of amides is 3. The molecule has 0 saturated heterocycles. The lowest BCUT2D eigenvalue weighted by Gasteiger charge is -2.25. The Morgan fingerprint density at radius 2 is 1.62 bits per heavy atom. The molecule has 0 aliphatic rings. The number of imidazole rings is 1. The van der Waals surface area contributed by atoms with Gasteiger partial charge in [0.1, 0.15) is 18.1 Å². The zero-order valence-corrected chi connectivity index (χ0v) is 17.6. The van der Waals surface area contributed by atoms with E-state index in [1.165, 1.54) is 12.5 Å². The number of aromatic nitrogens is 2. The van der Waals surface area contributed by atoms with Gasteiger partial charge in [0.05, 0.1) is 25.4 Å². The van der Waals surface area contributed by atoms with E-state index < -0.39 is 72.8 Å². The quantitative estimate of drug-likeness (QED) is 0.149. The summed E-state index contributed by atoms with van der Waals surface area (Å²) >= 11 is 0. The Hall–Kier alpha value is -3.52. The van der Waals surface area contributed by atoms with E-state index in [1.54, 1.807) is 13.8 Å². The van der Waals surface area contributed by atoms with Gasteiger partial charge in [-0.3, -0.25) is 19.2 Å². The summed E-state index contributed by atoms with van der Waals surface area (Å²) in [4.78, 5) is 65.9. The highest BCUT2D eigenvalue weighted by atomic mass is 16.4. The first-order valence-electron chi connectivity index (χ1n) is 9.65. The highest BCUT2D eigenvalue weighted by Gasteiger charge is 2.31. The molecule has 4 atom stereocenters. The van der Waals surface area contributed by atoms with Crippen LogP contribution in [0.1, 0.15) is 26.0 Å². The number of aliphatic hydroxyl groups is 1. The third-order valence-electron chi connectivity index (χ3n) is 4.39. The van der Waals surface area contributed by atoms with E-state index in [0.717, 1.165) is 0 Å². The zero-order valence-electron chi connectivity index (χ0n) is 17.6. The van der Waals surface area contributed by atoms with Gasteiger partial charge in [-0.1, -0.05) is 13.8 Å². The van der Waals surface area contributed by atoms with Crippen molar-refractivity contribution < 1.29 is 39.3 Å². The van der Waals surface area contributed by atoms with Crippen LogP contribution < -0.4 is 21.7 Å². The van der Waals surface area contributed by atoms with Gasteiger partial charge in [-0.15, -0.1) is 0 Å². The van der Waals surface area contributed by atoms with Crippen LogP contribution in [0.2, 0.25) is 0 Å². The van der Waals surface area contributed by atoms with E-state index >= 15 is 0 Å². The summed E-state index contributed by atoms with van der Waals surface area (Å²) < 4.78 is 0. The number of hydrogen-bond donors (Lipinski definition) is 8. The summed E-state index contributed by atoms with van der Waals surface area (Å²) in [7, 11) is 0. The molecule has 9 N–H and O–H groups in total. The lowest BCUT2D eigenvalue weighted by atomic mass is 10.0. The highest BCUT2D eigenvalue weighted by Crippen LogP contribution is 2.05. The van der Waals surface area contributed by atoms with Gasteiger partial charge < -0.3 is 42.0 Å². The summed E-state index contributed by atoms with van der Waals surface area (Å²) in [5.41, 5.74) is 5.89. The van der Waals surface area contributed by atoms with E-state index in [-0.39, 0.29) is 6.42 Å². The van der Waals surface area contributed by atoms with E-state index in [1.807, 2.05) is 0 Å². The van der Waals surface area contributed by atoms with Gasteiger partial charge in [-0.25, -0.2) is 9.78 Å². The van der Waals surface area contributed by atoms with Crippen LogP contribution >= 0.6 is 0 Å². The number of carboxylic acid groups (broad SMARTS) is 2. The smallest absolute Gasteiger partial charge is 0.326 e. The van der Waals surface area contributed by atoms with Crippen molar-refractivity contribution >= 4 is 29.7 Å². The van der Waals surface area contributed by atoms with E-state index in [9.17, 15) is 34.2 Å². The number of carbonyl (C=O) groups is 5. The molecule has 1 aromatic heterocycles. The second-order valence-electron chi connectivity index (χ2n) is 7.36. The summed E-state index contributed by atoms with van der Waals surface area (Å²) in [6.07, 6.45) is 1.97. The fourth-order valence-electron chi connectivity index (χ4n) is 2.62. The number of carboxylic acids is 2. The summed E-state index contributed by atoms with van der Waals surface area (Å²) in [6, 6.07) is -5.48. The van der Waals surface area contributed by atoms with Crippen LogP contribution in [0.5, 0.6) is 0 Å². The second-order valence-corrected chi connectivity index (χ2v) is 7.36. The number of carbonyl (C=O) groups excluding carboxylic acids is 3. The number of rotatable bonds is 13. The Labute approximate surface area is 183 Å². The van der Waals surface area contributed by atoms with Crippen molar-refractivity contribution in [2.75, 3.05) is 6.61 Å². The van der Waals surface area contributed by atoms with Crippen LogP contribution in [0.3, 0.4) is 0 Å². The molecular weight excluding hydrogens is 428 g/mol. The number of H-pyrrole nitrogens is 1. The normalized spacial score (nSPS) is 14.7. The number of hydrogen-bond acceptors (Lipinski definition) is 8. The molecule has 0 radical (unpaired) electrons. The molecule has 0 aromatic carbocycles. The second kappa shape index (κ2) is 12.4. The highest BCUT2D eigenvalue weighted by molar-refractivity contribution is 5.94. The van der Waals surface area contributed by atoms with Crippen molar-refractivity contribution in [3.8, 4) is 0 Å². The minimum absolute atomic E-state index is 0.0906. The van der Waals surface area contributed by atoms with Crippen LogP contribution in [0.25, 0.3) is 0 Å². The summed E-state index contributed by atoms with van der Waals surface area (Å²) in [6.45, 7) is 2.33. The first kappa shape index (κ1) is 26.5. The first-order chi connectivity index (χ1) is 15.0. The van der Waals surface area contributed by atoms with Crippen LogP contribution in [0.4, 0.5) is 0 Å². The lowest BCUT2D eigenvalue weighted by Crippen LogP contribution is -2.59.